The van der Waals surface area contributed by atoms with Gasteiger partial charge in [-0.1, -0.05) is 11.2 Å². The van der Waals surface area contributed by atoms with Gasteiger partial charge in [0.2, 0.25) is 5.91 Å². The number of nitrogens with one attached hydrogen (secondary N) is 2. The van der Waals surface area contributed by atoms with Gasteiger partial charge >= 0.3 is 5.97 Å². The largest absolute Gasteiger partial charge is 0.455 e. The molecule has 27 heavy (non-hydrogen) atoms. The van der Waals surface area contributed by atoms with Crippen molar-refractivity contribution in [3.05, 3.63) is 36.1 Å². The van der Waals surface area contributed by atoms with Crippen LogP contribution in [0.5, 0.6) is 0 Å². The fourth-order valence-corrected chi connectivity index (χ4v) is 2.99. The summed E-state index contributed by atoms with van der Waals surface area (Å²) in [7, 11) is 0. The van der Waals surface area contributed by atoms with E-state index in [1.54, 1.807) is 30.8 Å². The molecule has 0 saturated carbocycles. The lowest BCUT2D eigenvalue weighted by atomic mass is 10.3. The summed E-state index contributed by atoms with van der Waals surface area (Å²) in [5, 5.41) is 8.84. The van der Waals surface area contributed by atoms with Crippen molar-refractivity contribution in [3.63, 3.8) is 0 Å². The van der Waals surface area contributed by atoms with Crippen molar-refractivity contribution in [2.24, 2.45) is 0 Å². The molecule has 0 saturated heterocycles. The van der Waals surface area contributed by atoms with E-state index in [0.717, 1.165) is 16.7 Å². The summed E-state index contributed by atoms with van der Waals surface area (Å²) in [6, 6.07) is 8.93. The van der Waals surface area contributed by atoms with Crippen molar-refractivity contribution >= 4 is 52.8 Å². The molecule has 1 aromatic heterocycles. The summed E-state index contributed by atoms with van der Waals surface area (Å²) in [5.41, 5.74) is 0.636. The molecule has 0 fully saturated rings. The van der Waals surface area contributed by atoms with Crippen LogP contribution < -0.4 is 10.6 Å². The van der Waals surface area contributed by atoms with Crippen LogP contribution in [0.4, 0.5) is 11.5 Å². The van der Waals surface area contributed by atoms with E-state index in [-0.39, 0.29) is 24.0 Å². The molecule has 0 spiro atoms. The maximum Gasteiger partial charge on any atom is 0.316 e. The number of carbonyl (C=O) groups excluding carboxylic acids is 3. The van der Waals surface area contributed by atoms with Gasteiger partial charge in [-0.15, -0.1) is 23.5 Å². The Morgan fingerprint density at radius 1 is 1.15 bits per heavy atom. The molecule has 0 unspecified atom stereocenters. The Bertz CT molecular complexity index is 809. The molecule has 2 N–H and O–H groups in total. The Balaban J connectivity index is 1.62. The molecule has 1 aromatic carbocycles. The average molecular weight is 409 g/mol. The number of esters is 1. The second kappa shape index (κ2) is 10.6. The molecule has 2 rings (SSSR count). The van der Waals surface area contributed by atoms with Gasteiger partial charge in [0, 0.05) is 16.6 Å². The van der Waals surface area contributed by atoms with E-state index < -0.39 is 11.9 Å². The van der Waals surface area contributed by atoms with E-state index >= 15 is 0 Å². The quantitative estimate of drug-likeness (QED) is 0.480. The predicted molar refractivity (Wildman–Crippen MR) is 105 cm³/mol. The van der Waals surface area contributed by atoms with E-state index in [4.69, 9.17) is 9.26 Å². The number of aryl methyl sites for hydroxylation is 1. The molecule has 10 heteroatoms. The second-order valence-corrected chi connectivity index (χ2v) is 7.17. The molecule has 8 nitrogen and oxygen atoms in total. The van der Waals surface area contributed by atoms with E-state index in [0.29, 0.717) is 17.3 Å². The Morgan fingerprint density at radius 3 is 2.67 bits per heavy atom. The van der Waals surface area contributed by atoms with Gasteiger partial charge in [-0.05, 0) is 31.4 Å². The number of ether oxygens (including phenoxy) is 1. The monoisotopic (exact) mass is 409 g/mol. The highest BCUT2D eigenvalue weighted by atomic mass is 32.2. The van der Waals surface area contributed by atoms with Crippen molar-refractivity contribution in [2.45, 2.75) is 11.8 Å². The van der Waals surface area contributed by atoms with E-state index in [9.17, 15) is 14.4 Å². The van der Waals surface area contributed by atoms with Crippen LogP contribution in [0.1, 0.15) is 5.76 Å². The molecule has 144 valence electrons. The fourth-order valence-electron chi connectivity index (χ4n) is 1.92. The summed E-state index contributed by atoms with van der Waals surface area (Å²) in [6.07, 6.45) is 1.94. The molecule has 1 heterocycles. The number of carbonyl (C=O) groups is 3. The third kappa shape index (κ3) is 7.75. The summed E-state index contributed by atoms with van der Waals surface area (Å²) >= 11 is 2.64. The van der Waals surface area contributed by atoms with E-state index in [1.165, 1.54) is 0 Å². The van der Waals surface area contributed by atoms with E-state index in [1.807, 2.05) is 24.5 Å². The lowest BCUT2D eigenvalue weighted by Gasteiger charge is -2.07. The fraction of sp³-hybridized carbons (Fsp3) is 0.294. The number of benzene rings is 1. The molecule has 0 aliphatic rings. The zero-order valence-corrected chi connectivity index (χ0v) is 16.4. The highest BCUT2D eigenvalue weighted by molar-refractivity contribution is 8.00. The molecule has 0 atom stereocenters. The van der Waals surface area contributed by atoms with Gasteiger partial charge in [0.15, 0.2) is 12.4 Å². The Morgan fingerprint density at radius 2 is 1.96 bits per heavy atom. The minimum absolute atomic E-state index is 0.0412. The molecular formula is C17H19N3O5S2. The second-order valence-electron chi connectivity index (χ2n) is 5.30. The van der Waals surface area contributed by atoms with Gasteiger partial charge in [-0.3, -0.25) is 14.4 Å². The van der Waals surface area contributed by atoms with Crippen molar-refractivity contribution in [1.29, 1.82) is 0 Å². The number of thioether (sulfide) groups is 2. The van der Waals surface area contributed by atoms with Gasteiger partial charge in [0.05, 0.1) is 11.5 Å². The van der Waals surface area contributed by atoms with Gasteiger partial charge in [-0.25, -0.2) is 0 Å². The number of hydrogen-bond acceptors (Lipinski definition) is 8. The Labute approximate surface area is 164 Å². The zero-order valence-electron chi connectivity index (χ0n) is 14.8. The summed E-state index contributed by atoms with van der Waals surface area (Å²) in [6.45, 7) is 1.33. The minimum atomic E-state index is -0.571. The number of hydrogen-bond donors (Lipinski definition) is 2. The van der Waals surface area contributed by atoms with Gasteiger partial charge in [0.25, 0.3) is 5.91 Å². The van der Waals surface area contributed by atoms with Crippen molar-refractivity contribution in [1.82, 2.24) is 5.16 Å². The molecule has 2 aromatic rings. The molecule has 0 radical (unpaired) electrons. The summed E-state index contributed by atoms with van der Waals surface area (Å²) < 4.78 is 9.73. The Hall–Kier alpha value is -2.46. The van der Waals surface area contributed by atoms with Crippen LogP contribution in [0.25, 0.3) is 0 Å². The molecule has 0 aliphatic carbocycles. The van der Waals surface area contributed by atoms with Crippen LogP contribution in [-0.2, 0) is 19.1 Å². The van der Waals surface area contributed by atoms with Crippen molar-refractivity contribution < 1.29 is 23.6 Å². The van der Waals surface area contributed by atoms with Gasteiger partial charge < -0.3 is 19.9 Å². The van der Waals surface area contributed by atoms with Crippen LogP contribution in [0.15, 0.2) is 39.8 Å². The summed E-state index contributed by atoms with van der Waals surface area (Å²) in [4.78, 5) is 36.2. The van der Waals surface area contributed by atoms with Crippen molar-refractivity contribution in [3.8, 4) is 0 Å². The maximum absolute atomic E-state index is 11.8. The first kappa shape index (κ1) is 20.8. The molecular weight excluding hydrogens is 390 g/mol. The van der Waals surface area contributed by atoms with Crippen LogP contribution in [0.2, 0.25) is 0 Å². The van der Waals surface area contributed by atoms with Crippen LogP contribution in [0.3, 0.4) is 0 Å². The third-order valence-corrected chi connectivity index (χ3v) is 4.70. The summed E-state index contributed by atoms with van der Waals surface area (Å²) in [5.74, 6) is -0.394. The third-order valence-electron chi connectivity index (χ3n) is 3.07. The number of rotatable bonds is 9. The first-order valence-electron chi connectivity index (χ1n) is 7.86. The first-order valence-corrected chi connectivity index (χ1v) is 10.2. The SMILES string of the molecule is CSc1cccc(NC(=O)COC(=O)CSCC(=O)Nc2cc(C)on2)c1. The maximum atomic E-state index is 11.8. The number of nitrogens with zero attached hydrogens (tertiary/aromatic N) is 1. The van der Waals surface area contributed by atoms with Crippen LogP contribution in [-0.4, -0.2) is 47.3 Å². The Kier molecular flexibility index (Phi) is 8.21. The lowest BCUT2D eigenvalue weighted by Crippen LogP contribution is -2.22. The van der Waals surface area contributed by atoms with E-state index in [2.05, 4.69) is 15.8 Å². The standard InChI is InChI=1S/C17H19N3O5S2/c1-11-6-14(20-25-11)19-16(22)9-27-10-17(23)24-8-15(21)18-12-4-3-5-13(7-12)26-2/h3-7H,8-10H2,1-2H3,(H,18,21)(H,19,20,22). The highest BCUT2D eigenvalue weighted by Crippen LogP contribution is 2.18. The minimum Gasteiger partial charge on any atom is -0.455 e. The van der Waals surface area contributed by atoms with Gasteiger partial charge in [0.1, 0.15) is 5.76 Å². The lowest BCUT2D eigenvalue weighted by molar-refractivity contribution is -0.144. The normalized spacial score (nSPS) is 10.3. The first-order chi connectivity index (χ1) is 13.0. The highest BCUT2D eigenvalue weighted by Gasteiger charge is 2.11. The predicted octanol–water partition coefficient (Wildman–Crippen LogP) is 2.56. The smallest absolute Gasteiger partial charge is 0.316 e. The van der Waals surface area contributed by atoms with Crippen molar-refractivity contribution in [2.75, 3.05) is 35.0 Å². The number of anilines is 2. The number of aromatic nitrogens is 1. The average Bonchev–Trinajstić information content (AvgIpc) is 3.04. The molecule has 0 aliphatic heterocycles. The van der Waals surface area contributed by atoms with Crippen LogP contribution in [0, 0.1) is 6.92 Å². The zero-order chi connectivity index (χ0) is 19.6. The number of amides is 2. The topological polar surface area (TPSA) is 111 Å². The molecule has 0 bridgehead atoms. The molecule has 2 amide bonds. The van der Waals surface area contributed by atoms with Gasteiger partial charge in [-0.2, -0.15) is 0 Å². The van der Waals surface area contributed by atoms with Crippen LogP contribution >= 0.6 is 23.5 Å².